The molecule has 4 nitrogen and oxygen atoms in total. The van der Waals surface area contributed by atoms with E-state index < -0.39 is 4.92 Å². The van der Waals surface area contributed by atoms with Crippen LogP contribution in [0.15, 0.2) is 48.5 Å². The second-order valence-corrected chi connectivity index (χ2v) is 4.91. The summed E-state index contributed by atoms with van der Waals surface area (Å²) in [5.41, 5.74) is 2.38. The minimum atomic E-state index is -0.391. The zero-order valence-corrected chi connectivity index (χ0v) is 12.8. The Morgan fingerprint density at radius 1 is 1.00 bits per heavy atom. The van der Waals surface area contributed by atoms with Gasteiger partial charge in [0.1, 0.15) is 0 Å². The summed E-state index contributed by atoms with van der Waals surface area (Å²) < 4.78 is 0. The molecule has 112 valence electrons. The van der Waals surface area contributed by atoms with Crippen LogP contribution in [0.3, 0.4) is 0 Å². The SMILES string of the molecule is O=[N+]([O-])c1ccc(CNCCc2ccc(Cl)cc2)cc1.[Cl-]. The highest BCUT2D eigenvalue weighted by atomic mass is 35.5. The molecule has 2 aromatic rings. The molecule has 0 saturated carbocycles. The van der Waals surface area contributed by atoms with Gasteiger partial charge in [-0.3, -0.25) is 10.1 Å². The van der Waals surface area contributed by atoms with E-state index in [1.54, 1.807) is 12.1 Å². The van der Waals surface area contributed by atoms with Crippen LogP contribution in [0.5, 0.6) is 0 Å². The van der Waals surface area contributed by atoms with Crippen LogP contribution in [0, 0.1) is 10.1 Å². The number of nitrogens with zero attached hydrogens (tertiary/aromatic N) is 1. The first-order valence-corrected chi connectivity index (χ1v) is 6.71. The van der Waals surface area contributed by atoms with E-state index in [9.17, 15) is 10.1 Å². The maximum absolute atomic E-state index is 10.5. The van der Waals surface area contributed by atoms with Gasteiger partial charge in [-0.05, 0) is 36.2 Å². The summed E-state index contributed by atoms with van der Waals surface area (Å²) in [5.74, 6) is 0. The summed E-state index contributed by atoms with van der Waals surface area (Å²) in [6.45, 7) is 1.55. The van der Waals surface area contributed by atoms with E-state index in [1.807, 2.05) is 24.3 Å². The number of benzene rings is 2. The van der Waals surface area contributed by atoms with Crippen molar-refractivity contribution in [2.24, 2.45) is 0 Å². The van der Waals surface area contributed by atoms with Crippen molar-refractivity contribution < 1.29 is 17.3 Å². The molecule has 0 radical (unpaired) electrons. The lowest BCUT2D eigenvalue weighted by Gasteiger charge is -2.05. The van der Waals surface area contributed by atoms with Crippen LogP contribution in [0.2, 0.25) is 5.02 Å². The highest BCUT2D eigenvalue weighted by Crippen LogP contribution is 2.12. The molecule has 0 amide bonds. The Kier molecular flexibility index (Phi) is 7.15. The van der Waals surface area contributed by atoms with Gasteiger partial charge in [-0.1, -0.05) is 35.9 Å². The van der Waals surface area contributed by atoms with Gasteiger partial charge in [-0.2, -0.15) is 0 Å². The molecule has 0 spiro atoms. The molecule has 0 aromatic heterocycles. The van der Waals surface area contributed by atoms with E-state index in [0.717, 1.165) is 23.6 Å². The summed E-state index contributed by atoms with van der Waals surface area (Å²) in [6.07, 6.45) is 0.921. The first kappa shape index (κ1) is 17.4. The first-order valence-electron chi connectivity index (χ1n) is 6.33. The fourth-order valence-corrected chi connectivity index (χ4v) is 1.98. The lowest BCUT2D eigenvalue weighted by molar-refractivity contribution is -0.384. The lowest BCUT2D eigenvalue weighted by Crippen LogP contribution is -3.00. The van der Waals surface area contributed by atoms with Gasteiger partial charge in [0.15, 0.2) is 0 Å². The van der Waals surface area contributed by atoms with Crippen molar-refractivity contribution >= 4 is 17.3 Å². The van der Waals surface area contributed by atoms with Gasteiger partial charge in [0.25, 0.3) is 5.69 Å². The van der Waals surface area contributed by atoms with Gasteiger partial charge < -0.3 is 17.7 Å². The van der Waals surface area contributed by atoms with Crippen LogP contribution < -0.4 is 17.7 Å². The van der Waals surface area contributed by atoms with E-state index in [4.69, 9.17) is 11.6 Å². The van der Waals surface area contributed by atoms with E-state index in [-0.39, 0.29) is 18.1 Å². The van der Waals surface area contributed by atoms with Crippen molar-refractivity contribution in [1.29, 1.82) is 0 Å². The Hall–Kier alpha value is -1.62. The zero-order chi connectivity index (χ0) is 14.4. The highest BCUT2D eigenvalue weighted by molar-refractivity contribution is 6.30. The van der Waals surface area contributed by atoms with Crippen molar-refractivity contribution in [3.05, 3.63) is 74.8 Å². The minimum absolute atomic E-state index is 0. The van der Waals surface area contributed by atoms with Crippen LogP contribution in [0.1, 0.15) is 11.1 Å². The molecule has 0 heterocycles. The number of halogens is 2. The van der Waals surface area contributed by atoms with Crippen molar-refractivity contribution in [1.82, 2.24) is 5.32 Å². The summed E-state index contributed by atoms with van der Waals surface area (Å²) in [6, 6.07) is 14.4. The van der Waals surface area contributed by atoms with Crippen molar-refractivity contribution in [2.75, 3.05) is 6.54 Å². The molecule has 0 saturated heterocycles. The van der Waals surface area contributed by atoms with E-state index >= 15 is 0 Å². The molecular weight excluding hydrogens is 311 g/mol. The summed E-state index contributed by atoms with van der Waals surface area (Å²) in [7, 11) is 0. The Morgan fingerprint density at radius 2 is 1.57 bits per heavy atom. The number of hydrogen-bond acceptors (Lipinski definition) is 3. The molecule has 0 aliphatic rings. The van der Waals surface area contributed by atoms with Gasteiger partial charge in [-0.15, -0.1) is 0 Å². The highest BCUT2D eigenvalue weighted by Gasteiger charge is 2.03. The van der Waals surface area contributed by atoms with Gasteiger partial charge in [0, 0.05) is 23.7 Å². The third-order valence-electron chi connectivity index (χ3n) is 2.98. The van der Waals surface area contributed by atoms with Crippen LogP contribution in [-0.2, 0) is 13.0 Å². The van der Waals surface area contributed by atoms with E-state index in [1.165, 1.54) is 17.7 Å². The first-order chi connectivity index (χ1) is 9.65. The second-order valence-electron chi connectivity index (χ2n) is 4.48. The third kappa shape index (κ3) is 5.71. The Morgan fingerprint density at radius 3 is 2.14 bits per heavy atom. The maximum atomic E-state index is 10.5. The fraction of sp³-hybridized carbons (Fsp3) is 0.200. The average Bonchev–Trinajstić information content (AvgIpc) is 2.46. The molecule has 0 atom stereocenters. The van der Waals surface area contributed by atoms with Gasteiger partial charge in [-0.25, -0.2) is 0 Å². The van der Waals surface area contributed by atoms with Crippen LogP contribution >= 0.6 is 11.6 Å². The third-order valence-corrected chi connectivity index (χ3v) is 3.23. The number of nitrogens with one attached hydrogen (secondary N) is 1. The monoisotopic (exact) mass is 325 g/mol. The van der Waals surface area contributed by atoms with Crippen molar-refractivity contribution in [3.63, 3.8) is 0 Å². The molecule has 0 aliphatic heterocycles. The molecule has 0 unspecified atom stereocenters. The predicted octanol–water partition coefficient (Wildman–Crippen LogP) is 0.584. The number of non-ortho nitro benzene ring substituents is 1. The van der Waals surface area contributed by atoms with Gasteiger partial charge in [0.2, 0.25) is 0 Å². The quantitative estimate of drug-likeness (QED) is 0.480. The number of nitro groups is 1. The van der Waals surface area contributed by atoms with Crippen LogP contribution in [0.25, 0.3) is 0 Å². The molecule has 0 fully saturated rings. The number of hydrogen-bond donors (Lipinski definition) is 1. The summed E-state index contributed by atoms with van der Waals surface area (Å²) >= 11 is 5.82. The molecule has 21 heavy (non-hydrogen) atoms. The molecular formula is C15H15Cl2N2O2-. The Bertz CT molecular complexity index is 571. The van der Waals surface area contributed by atoms with E-state index in [2.05, 4.69) is 5.32 Å². The van der Waals surface area contributed by atoms with Crippen LogP contribution in [0.4, 0.5) is 5.69 Å². The topological polar surface area (TPSA) is 55.2 Å². The molecule has 2 rings (SSSR count). The molecule has 2 aromatic carbocycles. The van der Waals surface area contributed by atoms with Gasteiger partial charge >= 0.3 is 0 Å². The van der Waals surface area contributed by atoms with Crippen molar-refractivity contribution in [3.8, 4) is 0 Å². The molecule has 1 N–H and O–H groups in total. The number of nitro benzene ring substituents is 1. The Balaban J connectivity index is 0.00000220. The van der Waals surface area contributed by atoms with Crippen molar-refractivity contribution in [2.45, 2.75) is 13.0 Å². The zero-order valence-electron chi connectivity index (χ0n) is 11.3. The molecule has 0 bridgehead atoms. The summed E-state index contributed by atoms with van der Waals surface area (Å²) in [5, 5.41) is 14.6. The Labute approximate surface area is 134 Å². The normalized spacial score (nSPS) is 9.95. The molecule has 0 aliphatic carbocycles. The lowest BCUT2D eigenvalue weighted by atomic mass is 10.1. The predicted molar refractivity (Wildman–Crippen MR) is 80.0 cm³/mol. The number of rotatable bonds is 6. The average molecular weight is 326 g/mol. The fourth-order valence-electron chi connectivity index (χ4n) is 1.85. The molecule has 6 heteroatoms. The maximum Gasteiger partial charge on any atom is 0.269 e. The van der Waals surface area contributed by atoms with Gasteiger partial charge in [0.05, 0.1) is 4.92 Å². The van der Waals surface area contributed by atoms with Crippen LogP contribution in [-0.4, -0.2) is 11.5 Å². The largest absolute Gasteiger partial charge is 1.00 e. The minimum Gasteiger partial charge on any atom is -1.00 e. The smallest absolute Gasteiger partial charge is 0.269 e. The van der Waals surface area contributed by atoms with E-state index in [0.29, 0.717) is 6.54 Å². The summed E-state index contributed by atoms with van der Waals surface area (Å²) in [4.78, 5) is 10.1. The standard InChI is InChI=1S/C15H15ClN2O2.ClH/c16-14-5-1-12(2-6-14)9-10-17-11-13-3-7-15(8-4-13)18(19)20;/h1-8,17H,9-11H2;1H/p-1. The second kappa shape index (κ2) is 8.62.